The molecule has 6 heteroatoms. The molecule has 0 radical (unpaired) electrons. The number of ether oxygens (including phenoxy) is 1. The molecule has 0 spiro atoms. The number of likely N-dealkylation sites (tertiary alicyclic amines) is 1. The van der Waals surface area contributed by atoms with Crippen LogP contribution in [0.1, 0.15) is 39.3 Å². The van der Waals surface area contributed by atoms with E-state index in [1.54, 1.807) is 23.5 Å². The van der Waals surface area contributed by atoms with Crippen molar-refractivity contribution >= 4 is 6.09 Å². The number of aromatic nitrogens is 2. The summed E-state index contributed by atoms with van der Waals surface area (Å²) in [5.74, 6) is 0. The van der Waals surface area contributed by atoms with Crippen LogP contribution in [0.5, 0.6) is 0 Å². The van der Waals surface area contributed by atoms with Gasteiger partial charge in [-0.2, -0.15) is 5.26 Å². The Morgan fingerprint density at radius 2 is 2.05 bits per heavy atom. The first-order chi connectivity index (χ1) is 9.86. The number of piperidine rings is 1. The summed E-state index contributed by atoms with van der Waals surface area (Å²) in [6.07, 6.45) is 5.57. The standard InChI is InChI=1S/C15H20N4O2/c1-14(2,3)21-13(20)19-8-4-15(11-16,5-9-19)12-10-17-6-7-18-12/h6-7,10H,4-5,8-9H2,1-3H3. The first-order valence-electron chi connectivity index (χ1n) is 7.02. The summed E-state index contributed by atoms with van der Waals surface area (Å²) in [4.78, 5) is 22.0. The summed E-state index contributed by atoms with van der Waals surface area (Å²) in [6, 6.07) is 2.36. The van der Waals surface area contributed by atoms with E-state index in [1.165, 1.54) is 0 Å². The first-order valence-corrected chi connectivity index (χ1v) is 7.02. The highest BCUT2D eigenvalue weighted by Gasteiger charge is 2.40. The summed E-state index contributed by atoms with van der Waals surface area (Å²) in [5.41, 5.74) is -0.491. The predicted octanol–water partition coefficient (Wildman–Crippen LogP) is 2.27. The van der Waals surface area contributed by atoms with Crippen molar-refractivity contribution in [1.29, 1.82) is 5.26 Å². The molecular formula is C15H20N4O2. The summed E-state index contributed by atoms with van der Waals surface area (Å²) < 4.78 is 5.36. The van der Waals surface area contributed by atoms with Gasteiger partial charge in [0.1, 0.15) is 11.0 Å². The Morgan fingerprint density at radius 1 is 1.38 bits per heavy atom. The van der Waals surface area contributed by atoms with Gasteiger partial charge in [0.05, 0.1) is 18.0 Å². The lowest BCUT2D eigenvalue weighted by Gasteiger charge is -2.37. The van der Waals surface area contributed by atoms with Crippen LogP contribution in [-0.2, 0) is 10.2 Å². The number of rotatable bonds is 1. The maximum atomic E-state index is 12.0. The fourth-order valence-corrected chi connectivity index (χ4v) is 2.37. The molecule has 112 valence electrons. The maximum absolute atomic E-state index is 12.0. The van der Waals surface area contributed by atoms with E-state index in [0.717, 1.165) is 0 Å². The van der Waals surface area contributed by atoms with E-state index in [1.807, 2.05) is 20.8 Å². The molecule has 0 bridgehead atoms. The number of carbonyl (C=O) groups excluding carboxylic acids is 1. The lowest BCUT2D eigenvalue weighted by molar-refractivity contribution is 0.0184. The first kappa shape index (κ1) is 15.2. The minimum atomic E-state index is -0.660. The number of nitrogens with zero attached hydrogens (tertiary/aromatic N) is 4. The van der Waals surface area contributed by atoms with Crippen LogP contribution in [0.2, 0.25) is 0 Å². The van der Waals surface area contributed by atoms with Gasteiger partial charge in [0.2, 0.25) is 0 Å². The van der Waals surface area contributed by atoms with E-state index in [9.17, 15) is 10.1 Å². The molecule has 0 atom stereocenters. The lowest BCUT2D eigenvalue weighted by Crippen LogP contribution is -2.46. The average molecular weight is 288 g/mol. The molecule has 1 aliphatic rings. The molecule has 1 aromatic heterocycles. The predicted molar refractivity (Wildman–Crippen MR) is 76.4 cm³/mol. The van der Waals surface area contributed by atoms with Gasteiger partial charge in [0, 0.05) is 25.5 Å². The molecule has 1 fully saturated rings. The lowest BCUT2D eigenvalue weighted by atomic mass is 9.77. The minimum Gasteiger partial charge on any atom is -0.444 e. The second kappa shape index (κ2) is 5.68. The molecule has 0 saturated carbocycles. The zero-order valence-electron chi connectivity index (χ0n) is 12.7. The zero-order valence-corrected chi connectivity index (χ0v) is 12.7. The van der Waals surface area contributed by atoms with Crippen LogP contribution in [0.4, 0.5) is 4.79 Å². The molecule has 6 nitrogen and oxygen atoms in total. The Morgan fingerprint density at radius 3 is 2.52 bits per heavy atom. The van der Waals surface area contributed by atoms with Crippen LogP contribution >= 0.6 is 0 Å². The molecule has 21 heavy (non-hydrogen) atoms. The second-order valence-electron chi connectivity index (χ2n) is 6.25. The van der Waals surface area contributed by atoms with E-state index in [2.05, 4.69) is 16.0 Å². The maximum Gasteiger partial charge on any atom is 0.410 e. The minimum absolute atomic E-state index is 0.326. The molecule has 0 N–H and O–H groups in total. The molecule has 2 heterocycles. The third-order valence-electron chi connectivity index (χ3n) is 3.54. The summed E-state index contributed by atoms with van der Waals surface area (Å²) in [6.45, 7) is 6.49. The highest BCUT2D eigenvalue weighted by atomic mass is 16.6. The second-order valence-corrected chi connectivity index (χ2v) is 6.25. The largest absolute Gasteiger partial charge is 0.444 e. The Hall–Kier alpha value is -2.16. The summed E-state index contributed by atoms with van der Waals surface area (Å²) in [7, 11) is 0. The highest BCUT2D eigenvalue weighted by Crippen LogP contribution is 2.33. The van der Waals surface area contributed by atoms with Crippen molar-refractivity contribution in [2.75, 3.05) is 13.1 Å². The fraction of sp³-hybridized carbons (Fsp3) is 0.600. The Labute approximate surface area is 124 Å². The third kappa shape index (κ3) is 3.48. The molecule has 1 aliphatic heterocycles. The van der Waals surface area contributed by atoms with Gasteiger partial charge < -0.3 is 9.64 Å². The van der Waals surface area contributed by atoms with Crippen molar-refractivity contribution < 1.29 is 9.53 Å². The van der Waals surface area contributed by atoms with Crippen LogP contribution in [0, 0.1) is 11.3 Å². The van der Waals surface area contributed by atoms with Gasteiger partial charge in [0.25, 0.3) is 0 Å². The van der Waals surface area contributed by atoms with E-state index < -0.39 is 11.0 Å². The monoisotopic (exact) mass is 288 g/mol. The number of nitriles is 1. The highest BCUT2D eigenvalue weighted by molar-refractivity contribution is 5.68. The average Bonchev–Trinajstić information content (AvgIpc) is 2.46. The number of hydrogen-bond donors (Lipinski definition) is 0. The number of carbonyl (C=O) groups is 1. The van der Waals surface area contributed by atoms with Gasteiger partial charge in [0.15, 0.2) is 0 Å². The zero-order chi connectivity index (χ0) is 15.5. The van der Waals surface area contributed by atoms with Crippen molar-refractivity contribution in [2.45, 2.75) is 44.6 Å². The van der Waals surface area contributed by atoms with Crippen molar-refractivity contribution in [3.05, 3.63) is 24.3 Å². The van der Waals surface area contributed by atoms with Crippen molar-refractivity contribution in [3.63, 3.8) is 0 Å². The van der Waals surface area contributed by atoms with Crippen LogP contribution in [0.25, 0.3) is 0 Å². The Kier molecular flexibility index (Phi) is 4.12. The van der Waals surface area contributed by atoms with Crippen LogP contribution < -0.4 is 0 Å². The molecule has 0 aliphatic carbocycles. The van der Waals surface area contributed by atoms with E-state index in [4.69, 9.17) is 4.74 Å². The summed E-state index contributed by atoms with van der Waals surface area (Å²) in [5, 5.41) is 9.55. The van der Waals surface area contributed by atoms with Crippen molar-refractivity contribution in [1.82, 2.24) is 14.9 Å². The molecule has 1 amide bonds. The van der Waals surface area contributed by atoms with Crippen molar-refractivity contribution in [3.8, 4) is 6.07 Å². The molecule has 1 aromatic rings. The Bertz CT molecular complexity index is 537. The van der Waals surface area contributed by atoms with Crippen LogP contribution in [0.3, 0.4) is 0 Å². The normalized spacial score (nSPS) is 17.9. The number of hydrogen-bond acceptors (Lipinski definition) is 5. The molecule has 1 saturated heterocycles. The Balaban J connectivity index is 2.05. The number of amides is 1. The van der Waals surface area contributed by atoms with Gasteiger partial charge in [-0.25, -0.2) is 4.79 Å². The molecule has 0 aromatic carbocycles. The van der Waals surface area contributed by atoms with Gasteiger partial charge >= 0.3 is 6.09 Å². The van der Waals surface area contributed by atoms with Crippen LogP contribution in [-0.4, -0.2) is 39.7 Å². The van der Waals surface area contributed by atoms with Crippen molar-refractivity contribution in [2.24, 2.45) is 0 Å². The fourth-order valence-electron chi connectivity index (χ4n) is 2.37. The van der Waals surface area contributed by atoms with Gasteiger partial charge in [-0.1, -0.05) is 0 Å². The quantitative estimate of drug-likeness (QED) is 0.792. The van der Waals surface area contributed by atoms with Gasteiger partial charge in [-0.15, -0.1) is 0 Å². The molecule has 0 unspecified atom stereocenters. The SMILES string of the molecule is CC(C)(C)OC(=O)N1CCC(C#N)(c2cnccn2)CC1. The van der Waals surface area contributed by atoms with Gasteiger partial charge in [-0.05, 0) is 33.6 Å². The van der Waals surface area contributed by atoms with E-state index >= 15 is 0 Å². The topological polar surface area (TPSA) is 79.1 Å². The third-order valence-corrected chi connectivity index (χ3v) is 3.54. The van der Waals surface area contributed by atoms with E-state index in [0.29, 0.717) is 31.6 Å². The molecular weight excluding hydrogens is 268 g/mol. The van der Waals surface area contributed by atoms with Gasteiger partial charge in [-0.3, -0.25) is 9.97 Å². The van der Waals surface area contributed by atoms with E-state index in [-0.39, 0.29) is 6.09 Å². The smallest absolute Gasteiger partial charge is 0.410 e. The molecule has 2 rings (SSSR count). The van der Waals surface area contributed by atoms with Crippen LogP contribution in [0.15, 0.2) is 18.6 Å². The summed E-state index contributed by atoms with van der Waals surface area (Å²) >= 11 is 0.